The maximum absolute atomic E-state index is 11.5. The maximum Gasteiger partial charge on any atom is 0.311 e. The fraction of sp³-hybridized carbons (Fsp3) is 0.273. The first kappa shape index (κ1) is 11.4. The number of Topliss-reactive ketones (excluding diaryl/α,β-unsaturated/α-hetero) is 1. The van der Waals surface area contributed by atoms with Crippen LogP contribution in [-0.2, 0) is 9.53 Å². The van der Waals surface area contributed by atoms with Crippen LogP contribution in [0.25, 0.3) is 0 Å². The van der Waals surface area contributed by atoms with E-state index in [1.165, 1.54) is 6.41 Å². The Hall–Kier alpha value is -1.68. The van der Waals surface area contributed by atoms with Gasteiger partial charge in [-0.25, -0.2) is 0 Å². The van der Waals surface area contributed by atoms with Gasteiger partial charge in [-0.3, -0.25) is 9.59 Å². The Morgan fingerprint density at radius 1 is 1.47 bits per heavy atom. The number of hydrogen-bond acceptors (Lipinski definition) is 3. The van der Waals surface area contributed by atoms with E-state index in [9.17, 15) is 9.59 Å². The Labute approximate surface area is 88.2 Å². The van der Waals surface area contributed by atoms with Crippen molar-refractivity contribution in [1.29, 1.82) is 0 Å². The van der Waals surface area contributed by atoms with E-state index in [1.54, 1.807) is 31.2 Å². The first-order valence-corrected chi connectivity index (χ1v) is 4.56. The second kappa shape index (κ2) is 5.93. The molecule has 15 heavy (non-hydrogen) atoms. The normalized spacial score (nSPS) is 11.8. The van der Waals surface area contributed by atoms with E-state index in [1.807, 2.05) is 6.07 Å². The summed E-state index contributed by atoms with van der Waals surface area (Å²) < 4.78 is 5.08. The van der Waals surface area contributed by atoms with Gasteiger partial charge in [0.2, 0.25) is 0 Å². The van der Waals surface area contributed by atoms with Crippen molar-refractivity contribution in [2.45, 2.75) is 13.2 Å². The summed E-state index contributed by atoms with van der Waals surface area (Å²) in [6, 6.07) is 8.84. The summed E-state index contributed by atoms with van der Waals surface area (Å²) in [6.07, 6.45) is 0.990. The zero-order chi connectivity index (χ0) is 11.1. The van der Waals surface area contributed by atoms with Gasteiger partial charge < -0.3 is 10.1 Å². The third-order valence-electron chi connectivity index (χ3n) is 1.82. The smallest absolute Gasteiger partial charge is 0.311 e. The van der Waals surface area contributed by atoms with Gasteiger partial charge in [0.25, 0.3) is 0 Å². The number of carbonyl (C=O) groups excluding carboxylic acids is 2. The van der Waals surface area contributed by atoms with E-state index in [0.29, 0.717) is 5.56 Å². The summed E-state index contributed by atoms with van der Waals surface area (Å²) in [5, 5.41) is 2.27. The highest BCUT2D eigenvalue weighted by molar-refractivity contribution is 5.97. The lowest BCUT2D eigenvalue weighted by atomic mass is 10.1. The van der Waals surface area contributed by atoms with Crippen LogP contribution in [0.4, 0.5) is 0 Å². The molecule has 0 aliphatic carbocycles. The van der Waals surface area contributed by atoms with Crippen molar-refractivity contribution < 1.29 is 14.3 Å². The van der Waals surface area contributed by atoms with Crippen molar-refractivity contribution in [3.63, 3.8) is 0 Å². The Balaban J connectivity index is 2.40. The highest BCUT2D eigenvalue weighted by Gasteiger charge is 2.07. The van der Waals surface area contributed by atoms with Crippen LogP contribution in [0, 0.1) is 0 Å². The second-order valence-corrected chi connectivity index (χ2v) is 2.99. The monoisotopic (exact) mass is 206 g/mol. The molecule has 0 aliphatic heterocycles. The summed E-state index contributed by atoms with van der Waals surface area (Å²) in [5.41, 5.74) is 0.597. The number of nitrogens with one attached hydrogen (secondary N) is 1. The molecule has 1 radical (unpaired) electrons. The number of rotatable bonds is 6. The van der Waals surface area contributed by atoms with Gasteiger partial charge in [0.1, 0.15) is 12.8 Å². The maximum atomic E-state index is 11.5. The molecule has 0 fully saturated rings. The molecule has 4 heteroatoms. The molecule has 1 aromatic carbocycles. The van der Waals surface area contributed by atoms with Crippen LogP contribution in [0.2, 0.25) is 0 Å². The molecule has 0 bridgehead atoms. The number of benzene rings is 1. The molecule has 0 aliphatic rings. The van der Waals surface area contributed by atoms with Crippen LogP contribution in [0.15, 0.2) is 30.3 Å². The van der Waals surface area contributed by atoms with E-state index in [2.05, 4.69) is 5.32 Å². The van der Waals surface area contributed by atoms with Crippen molar-refractivity contribution in [1.82, 2.24) is 5.32 Å². The van der Waals surface area contributed by atoms with Gasteiger partial charge in [0, 0.05) is 5.56 Å². The summed E-state index contributed by atoms with van der Waals surface area (Å²) in [6.45, 7) is 1.57. The van der Waals surface area contributed by atoms with Crippen LogP contribution in [-0.4, -0.2) is 25.0 Å². The molecular formula is C11H12NO3. The SMILES string of the molecule is CC(N[C]=O)OCC(=O)c1ccccc1. The van der Waals surface area contributed by atoms with Gasteiger partial charge >= 0.3 is 6.41 Å². The molecule has 79 valence electrons. The lowest BCUT2D eigenvalue weighted by Gasteiger charge is -2.10. The molecule has 0 spiro atoms. The highest BCUT2D eigenvalue weighted by atomic mass is 16.5. The van der Waals surface area contributed by atoms with E-state index >= 15 is 0 Å². The topological polar surface area (TPSA) is 55.4 Å². The Kier molecular flexibility index (Phi) is 4.50. The average molecular weight is 206 g/mol. The molecule has 0 heterocycles. The van der Waals surface area contributed by atoms with E-state index < -0.39 is 6.23 Å². The predicted molar refractivity (Wildman–Crippen MR) is 55.0 cm³/mol. The fourth-order valence-corrected chi connectivity index (χ4v) is 1.03. The largest absolute Gasteiger partial charge is 0.351 e. The first-order chi connectivity index (χ1) is 7.24. The highest BCUT2D eigenvalue weighted by Crippen LogP contribution is 2.00. The third-order valence-corrected chi connectivity index (χ3v) is 1.82. The Morgan fingerprint density at radius 3 is 2.73 bits per heavy atom. The molecule has 1 aromatic rings. The van der Waals surface area contributed by atoms with Crippen molar-refractivity contribution >= 4 is 12.2 Å². The molecule has 0 saturated heterocycles. The lowest BCUT2D eigenvalue weighted by Crippen LogP contribution is -2.29. The summed E-state index contributed by atoms with van der Waals surface area (Å²) in [5.74, 6) is -0.116. The molecule has 0 saturated carbocycles. The lowest BCUT2D eigenvalue weighted by molar-refractivity contribution is 0.0466. The van der Waals surface area contributed by atoms with E-state index in [0.717, 1.165) is 0 Å². The molecule has 1 atom stereocenters. The Bertz CT molecular complexity index is 324. The molecular weight excluding hydrogens is 194 g/mol. The molecule has 4 nitrogen and oxygen atoms in total. The van der Waals surface area contributed by atoms with E-state index in [-0.39, 0.29) is 12.4 Å². The summed E-state index contributed by atoms with van der Waals surface area (Å²) in [4.78, 5) is 21.4. The number of hydrogen-bond donors (Lipinski definition) is 1. The fourth-order valence-electron chi connectivity index (χ4n) is 1.03. The minimum atomic E-state index is -0.504. The first-order valence-electron chi connectivity index (χ1n) is 4.56. The molecule has 1 amide bonds. The molecule has 0 aromatic heterocycles. The van der Waals surface area contributed by atoms with Gasteiger partial charge in [0.05, 0.1) is 0 Å². The number of ketones is 1. The number of ether oxygens (including phenoxy) is 1. The van der Waals surface area contributed by atoms with Crippen molar-refractivity contribution in [2.24, 2.45) is 0 Å². The quantitative estimate of drug-likeness (QED) is 0.427. The van der Waals surface area contributed by atoms with Gasteiger partial charge in [-0.15, -0.1) is 0 Å². The number of amides is 1. The zero-order valence-electron chi connectivity index (χ0n) is 8.40. The minimum absolute atomic E-state index is 0.0557. The summed E-state index contributed by atoms with van der Waals surface area (Å²) in [7, 11) is 0. The minimum Gasteiger partial charge on any atom is -0.351 e. The standard InChI is InChI=1S/C11H12NO3/c1-9(12-8-13)15-7-11(14)10-5-3-2-4-6-10/h2-6,9H,7H2,1H3,(H,12,13). The van der Waals surface area contributed by atoms with Gasteiger partial charge in [0.15, 0.2) is 5.78 Å². The average Bonchev–Trinajstić information content (AvgIpc) is 2.27. The van der Waals surface area contributed by atoms with Crippen LogP contribution in [0.3, 0.4) is 0 Å². The van der Waals surface area contributed by atoms with Crippen LogP contribution >= 0.6 is 0 Å². The predicted octanol–water partition coefficient (Wildman–Crippen LogP) is 0.889. The number of carbonyl (C=O) groups is 1. The van der Waals surface area contributed by atoms with Crippen molar-refractivity contribution in [2.75, 3.05) is 6.61 Å². The molecule has 1 rings (SSSR count). The van der Waals surface area contributed by atoms with Crippen LogP contribution in [0.5, 0.6) is 0 Å². The molecule has 1 unspecified atom stereocenters. The molecule has 1 N–H and O–H groups in total. The summed E-state index contributed by atoms with van der Waals surface area (Å²) >= 11 is 0. The van der Waals surface area contributed by atoms with Crippen molar-refractivity contribution in [3.05, 3.63) is 35.9 Å². The third kappa shape index (κ3) is 3.91. The van der Waals surface area contributed by atoms with Gasteiger partial charge in [-0.05, 0) is 6.92 Å². The van der Waals surface area contributed by atoms with Gasteiger partial charge in [-0.2, -0.15) is 0 Å². The van der Waals surface area contributed by atoms with Gasteiger partial charge in [-0.1, -0.05) is 30.3 Å². The van der Waals surface area contributed by atoms with Crippen LogP contribution < -0.4 is 5.32 Å². The van der Waals surface area contributed by atoms with Crippen LogP contribution in [0.1, 0.15) is 17.3 Å². The zero-order valence-corrected chi connectivity index (χ0v) is 8.40. The Morgan fingerprint density at radius 2 is 2.13 bits per heavy atom. The van der Waals surface area contributed by atoms with E-state index in [4.69, 9.17) is 4.74 Å². The second-order valence-electron chi connectivity index (χ2n) is 2.99. The van der Waals surface area contributed by atoms with Crippen molar-refractivity contribution in [3.8, 4) is 0 Å².